The van der Waals surface area contributed by atoms with Gasteiger partial charge in [-0.2, -0.15) is 0 Å². The number of benzene rings is 1. The van der Waals surface area contributed by atoms with Gasteiger partial charge in [0.2, 0.25) is 0 Å². The summed E-state index contributed by atoms with van der Waals surface area (Å²) in [5, 5.41) is 0. The van der Waals surface area contributed by atoms with Crippen molar-refractivity contribution < 1.29 is 4.79 Å². The number of ketones is 1. The average Bonchev–Trinajstić information content (AvgIpc) is 3.13. The Morgan fingerprint density at radius 2 is 1.62 bits per heavy atom. The van der Waals surface area contributed by atoms with Gasteiger partial charge < -0.3 is 4.90 Å². The van der Waals surface area contributed by atoms with E-state index in [0.29, 0.717) is 23.2 Å². The molecule has 0 N–H and O–H groups in total. The largest absolute Gasteiger partial charge is 0.369 e. The normalized spacial score (nSPS) is 43.2. The standard InChI is InChI=1S/C30H45NO/c1-6-31(23-10-7-20(2)8-11-23)24-15-17-29(4)22(19-24)9-12-25-27-14-13-26(21(3)32)30(27,5)18-16-28(25)29/h7-8,10-11,22,24-28H,6,9,12-19H2,1-5H3/t22?,24-,25?,26-,27?,28?,29+,30-/m1/s1. The van der Waals surface area contributed by atoms with E-state index in [-0.39, 0.29) is 5.41 Å². The highest BCUT2D eigenvalue weighted by Gasteiger charge is 2.60. The second-order valence-electron chi connectivity index (χ2n) is 12.5. The Morgan fingerprint density at radius 1 is 0.938 bits per heavy atom. The van der Waals surface area contributed by atoms with Gasteiger partial charge in [0.25, 0.3) is 0 Å². The second-order valence-corrected chi connectivity index (χ2v) is 12.5. The van der Waals surface area contributed by atoms with Gasteiger partial charge >= 0.3 is 0 Å². The first-order valence-electron chi connectivity index (χ1n) is 13.6. The van der Waals surface area contributed by atoms with Crippen LogP contribution >= 0.6 is 0 Å². The molecule has 2 nitrogen and oxygen atoms in total. The summed E-state index contributed by atoms with van der Waals surface area (Å²) in [6.07, 6.45) is 12.1. The molecule has 0 radical (unpaired) electrons. The topological polar surface area (TPSA) is 20.3 Å². The number of anilines is 1. The molecule has 4 aliphatic carbocycles. The van der Waals surface area contributed by atoms with Gasteiger partial charge in [0.05, 0.1) is 0 Å². The summed E-state index contributed by atoms with van der Waals surface area (Å²) in [5.41, 5.74) is 3.57. The molecule has 4 fully saturated rings. The molecular formula is C30H45NO. The van der Waals surface area contributed by atoms with Crippen LogP contribution < -0.4 is 4.90 Å². The van der Waals surface area contributed by atoms with Crippen molar-refractivity contribution in [2.24, 2.45) is 40.4 Å². The minimum Gasteiger partial charge on any atom is -0.369 e. The van der Waals surface area contributed by atoms with Gasteiger partial charge in [0, 0.05) is 24.2 Å². The third-order valence-corrected chi connectivity index (χ3v) is 11.3. The molecule has 0 amide bonds. The van der Waals surface area contributed by atoms with Crippen molar-refractivity contribution in [1.82, 2.24) is 0 Å². The van der Waals surface area contributed by atoms with Crippen LogP contribution in [0, 0.1) is 47.3 Å². The fraction of sp³-hybridized carbons (Fsp3) is 0.767. The van der Waals surface area contributed by atoms with Gasteiger partial charge in [-0.3, -0.25) is 4.79 Å². The molecule has 0 aliphatic heterocycles. The number of carbonyl (C=O) groups excluding carboxylic acids is 1. The van der Waals surface area contributed by atoms with Crippen molar-refractivity contribution in [3.05, 3.63) is 29.8 Å². The third-order valence-electron chi connectivity index (χ3n) is 11.3. The number of nitrogens with zero attached hydrogens (tertiary/aromatic N) is 1. The van der Waals surface area contributed by atoms with Crippen LogP contribution in [-0.4, -0.2) is 18.4 Å². The van der Waals surface area contributed by atoms with Crippen molar-refractivity contribution in [3.8, 4) is 0 Å². The van der Waals surface area contributed by atoms with E-state index < -0.39 is 0 Å². The second kappa shape index (κ2) is 8.17. The number of fused-ring (bicyclic) bond motifs is 5. The van der Waals surface area contributed by atoms with Gasteiger partial charge in [0.15, 0.2) is 0 Å². The van der Waals surface area contributed by atoms with Gasteiger partial charge in [-0.1, -0.05) is 31.5 Å². The van der Waals surface area contributed by atoms with Crippen LogP contribution in [0.4, 0.5) is 5.69 Å². The first-order valence-corrected chi connectivity index (χ1v) is 13.6. The number of aryl methyl sites for hydroxylation is 1. The molecule has 4 unspecified atom stereocenters. The monoisotopic (exact) mass is 435 g/mol. The zero-order valence-electron chi connectivity index (χ0n) is 21.2. The molecule has 0 aromatic heterocycles. The van der Waals surface area contributed by atoms with Crippen LogP contribution in [0.3, 0.4) is 0 Å². The molecule has 2 heteroatoms. The molecule has 1 aromatic carbocycles. The van der Waals surface area contributed by atoms with E-state index >= 15 is 0 Å². The Hall–Kier alpha value is -1.31. The maximum Gasteiger partial charge on any atom is 0.133 e. The highest BCUT2D eigenvalue weighted by atomic mass is 16.1. The molecule has 0 heterocycles. The fourth-order valence-corrected chi connectivity index (χ4v) is 9.57. The maximum atomic E-state index is 12.4. The zero-order valence-corrected chi connectivity index (χ0v) is 21.2. The maximum absolute atomic E-state index is 12.4. The van der Waals surface area contributed by atoms with Gasteiger partial charge in [-0.05, 0) is 125 Å². The molecule has 4 saturated carbocycles. The van der Waals surface area contributed by atoms with Crippen molar-refractivity contribution >= 4 is 11.5 Å². The predicted octanol–water partition coefficient (Wildman–Crippen LogP) is 7.44. The summed E-state index contributed by atoms with van der Waals surface area (Å²) in [6.45, 7) is 12.6. The van der Waals surface area contributed by atoms with Crippen LogP contribution in [0.25, 0.3) is 0 Å². The first-order chi connectivity index (χ1) is 15.3. The Bertz CT molecular complexity index is 845. The van der Waals surface area contributed by atoms with Crippen LogP contribution in [0.1, 0.15) is 91.0 Å². The van der Waals surface area contributed by atoms with Crippen molar-refractivity contribution in [1.29, 1.82) is 0 Å². The van der Waals surface area contributed by atoms with Crippen molar-refractivity contribution in [2.45, 2.75) is 98.4 Å². The molecule has 0 bridgehead atoms. The van der Waals surface area contributed by atoms with Crippen LogP contribution in [0.5, 0.6) is 0 Å². The number of Topliss-reactive ketones (excluding diaryl/α,β-unsaturated/α-hetero) is 1. The Morgan fingerprint density at radius 3 is 2.31 bits per heavy atom. The first kappa shape index (κ1) is 22.5. The minimum atomic E-state index is 0.290. The summed E-state index contributed by atoms with van der Waals surface area (Å²) < 4.78 is 0. The summed E-state index contributed by atoms with van der Waals surface area (Å²) in [5.74, 6) is 4.23. The summed E-state index contributed by atoms with van der Waals surface area (Å²) in [6, 6.07) is 9.89. The van der Waals surface area contributed by atoms with E-state index in [1.165, 1.54) is 62.6 Å². The van der Waals surface area contributed by atoms with Crippen molar-refractivity contribution in [3.63, 3.8) is 0 Å². The lowest BCUT2D eigenvalue weighted by Crippen LogP contribution is -2.55. The summed E-state index contributed by atoms with van der Waals surface area (Å²) in [4.78, 5) is 15.1. The molecule has 0 saturated heterocycles. The van der Waals surface area contributed by atoms with E-state index in [1.54, 1.807) is 0 Å². The van der Waals surface area contributed by atoms with E-state index in [9.17, 15) is 4.79 Å². The Labute approximate surface area is 196 Å². The molecule has 0 spiro atoms. The van der Waals surface area contributed by atoms with Gasteiger partial charge in [-0.15, -0.1) is 0 Å². The molecule has 5 rings (SSSR count). The van der Waals surface area contributed by atoms with Gasteiger partial charge in [0.1, 0.15) is 5.78 Å². The number of carbonyl (C=O) groups is 1. The van der Waals surface area contributed by atoms with Crippen LogP contribution in [0.2, 0.25) is 0 Å². The predicted molar refractivity (Wildman–Crippen MR) is 134 cm³/mol. The zero-order chi connectivity index (χ0) is 22.7. The van der Waals surface area contributed by atoms with Gasteiger partial charge in [-0.25, -0.2) is 0 Å². The highest BCUT2D eigenvalue weighted by Crippen LogP contribution is 2.67. The molecule has 176 valence electrons. The highest BCUT2D eigenvalue weighted by molar-refractivity contribution is 5.79. The smallest absolute Gasteiger partial charge is 0.133 e. The lowest BCUT2D eigenvalue weighted by Gasteiger charge is -2.61. The third kappa shape index (κ3) is 3.38. The van der Waals surface area contributed by atoms with Crippen molar-refractivity contribution in [2.75, 3.05) is 11.4 Å². The molecule has 8 atom stereocenters. The van der Waals surface area contributed by atoms with E-state index in [2.05, 4.69) is 56.9 Å². The molecule has 32 heavy (non-hydrogen) atoms. The van der Waals surface area contributed by atoms with E-state index in [0.717, 1.165) is 36.6 Å². The lowest BCUT2D eigenvalue weighted by atomic mass is 9.44. The van der Waals surface area contributed by atoms with Crippen LogP contribution in [0.15, 0.2) is 24.3 Å². The van der Waals surface area contributed by atoms with E-state index in [4.69, 9.17) is 0 Å². The SMILES string of the molecule is CCN(c1ccc(C)cc1)[C@@H]1CC[C@@]2(C)C(CCC3C2CC[C@@]2(C)C3CC[C@@H]2C(C)=O)C1. The molecule has 4 aliphatic rings. The quantitative estimate of drug-likeness (QED) is 0.490. The number of hydrogen-bond donors (Lipinski definition) is 0. The molecule has 1 aromatic rings. The Kier molecular flexibility index (Phi) is 5.74. The van der Waals surface area contributed by atoms with Crippen LogP contribution in [-0.2, 0) is 4.79 Å². The molecular weight excluding hydrogens is 390 g/mol. The minimum absolute atomic E-state index is 0.290. The average molecular weight is 436 g/mol. The Balaban J connectivity index is 1.34. The number of rotatable bonds is 4. The summed E-state index contributed by atoms with van der Waals surface area (Å²) in [7, 11) is 0. The summed E-state index contributed by atoms with van der Waals surface area (Å²) >= 11 is 0. The lowest BCUT2D eigenvalue weighted by molar-refractivity contribution is -0.134. The fourth-order valence-electron chi connectivity index (χ4n) is 9.57. The van der Waals surface area contributed by atoms with E-state index in [1.807, 2.05) is 6.92 Å². The number of hydrogen-bond acceptors (Lipinski definition) is 2.